The number of aryl methyl sites for hydroxylation is 3. The van der Waals surface area contributed by atoms with Crippen LogP contribution in [0.5, 0.6) is 0 Å². The molecule has 0 radical (unpaired) electrons. The molecule has 0 spiro atoms. The smallest absolute Gasteiger partial charge is 0.230 e. The normalized spacial score (nSPS) is 15.6. The lowest BCUT2D eigenvalue weighted by Gasteiger charge is -2.34. The third-order valence-corrected chi connectivity index (χ3v) is 4.49. The van der Waals surface area contributed by atoms with E-state index in [1.165, 1.54) is 0 Å². The molecule has 9 heteroatoms. The maximum atomic E-state index is 5.47. The average Bonchev–Trinajstić information content (AvgIpc) is 3.20. The molecule has 0 unspecified atom stereocenters. The Labute approximate surface area is 151 Å². The highest BCUT2D eigenvalue weighted by molar-refractivity contribution is 5.44. The quantitative estimate of drug-likeness (QED) is 0.692. The van der Waals surface area contributed by atoms with Crippen LogP contribution in [-0.4, -0.2) is 61.0 Å². The van der Waals surface area contributed by atoms with Gasteiger partial charge in [-0.25, -0.2) is 14.6 Å². The third-order valence-electron chi connectivity index (χ3n) is 4.49. The van der Waals surface area contributed by atoms with Crippen molar-refractivity contribution in [2.75, 3.05) is 31.1 Å². The molecule has 0 aromatic carbocycles. The summed E-state index contributed by atoms with van der Waals surface area (Å²) < 4.78 is 7.32. The van der Waals surface area contributed by atoms with E-state index in [0.29, 0.717) is 18.3 Å². The number of rotatable bonds is 4. The first-order valence-corrected chi connectivity index (χ1v) is 8.70. The van der Waals surface area contributed by atoms with Gasteiger partial charge in [0, 0.05) is 44.9 Å². The van der Waals surface area contributed by atoms with Gasteiger partial charge in [0.15, 0.2) is 5.82 Å². The number of nitrogens with zero attached hydrogens (tertiary/aromatic N) is 8. The van der Waals surface area contributed by atoms with Gasteiger partial charge in [-0.2, -0.15) is 5.10 Å². The topological polar surface area (TPSA) is 89.0 Å². The molecule has 0 aliphatic carbocycles. The molecule has 1 saturated heterocycles. The lowest BCUT2D eigenvalue weighted by molar-refractivity contribution is 0.224. The van der Waals surface area contributed by atoms with Crippen molar-refractivity contribution in [3.05, 3.63) is 41.6 Å². The van der Waals surface area contributed by atoms with Gasteiger partial charge in [0.05, 0.1) is 12.2 Å². The van der Waals surface area contributed by atoms with Crippen molar-refractivity contribution in [2.24, 2.45) is 0 Å². The van der Waals surface area contributed by atoms with Crippen LogP contribution in [0.4, 0.5) is 5.82 Å². The minimum Gasteiger partial charge on any atom is -0.424 e. The molecule has 9 nitrogen and oxygen atoms in total. The number of anilines is 1. The largest absolute Gasteiger partial charge is 0.424 e. The maximum absolute atomic E-state index is 5.47. The van der Waals surface area contributed by atoms with Crippen LogP contribution in [0.1, 0.15) is 23.2 Å². The van der Waals surface area contributed by atoms with Crippen molar-refractivity contribution in [1.82, 2.24) is 34.8 Å². The van der Waals surface area contributed by atoms with Crippen LogP contribution < -0.4 is 4.90 Å². The second-order valence-electron chi connectivity index (χ2n) is 6.55. The van der Waals surface area contributed by atoms with Gasteiger partial charge in [0.2, 0.25) is 11.8 Å². The van der Waals surface area contributed by atoms with Gasteiger partial charge in [-0.1, -0.05) is 0 Å². The molecule has 0 atom stereocenters. The van der Waals surface area contributed by atoms with Crippen molar-refractivity contribution >= 4 is 5.82 Å². The fraction of sp³-hybridized carbons (Fsp3) is 0.471. The zero-order chi connectivity index (χ0) is 18.1. The van der Waals surface area contributed by atoms with Crippen molar-refractivity contribution in [3.8, 4) is 5.82 Å². The predicted molar refractivity (Wildman–Crippen MR) is 95.2 cm³/mol. The molecule has 1 fully saturated rings. The molecule has 0 bridgehead atoms. The van der Waals surface area contributed by atoms with Gasteiger partial charge in [-0.05, 0) is 19.9 Å². The van der Waals surface area contributed by atoms with E-state index in [1.807, 2.05) is 37.6 Å². The summed E-state index contributed by atoms with van der Waals surface area (Å²) in [4.78, 5) is 13.4. The van der Waals surface area contributed by atoms with Crippen LogP contribution >= 0.6 is 0 Å². The van der Waals surface area contributed by atoms with E-state index in [9.17, 15) is 0 Å². The summed E-state index contributed by atoms with van der Waals surface area (Å²) >= 11 is 0. The molecule has 1 aliphatic heterocycles. The Bertz CT molecular complexity index is 894. The van der Waals surface area contributed by atoms with Crippen molar-refractivity contribution < 1.29 is 4.42 Å². The van der Waals surface area contributed by atoms with Crippen LogP contribution in [0.3, 0.4) is 0 Å². The minimum absolute atomic E-state index is 0.608. The molecule has 4 heterocycles. The Balaban J connectivity index is 1.43. The van der Waals surface area contributed by atoms with Gasteiger partial charge in [-0.3, -0.25) is 4.90 Å². The van der Waals surface area contributed by atoms with Gasteiger partial charge in [0.1, 0.15) is 12.1 Å². The molecule has 3 aromatic rings. The summed E-state index contributed by atoms with van der Waals surface area (Å²) in [5.74, 6) is 3.00. The first-order valence-electron chi connectivity index (χ1n) is 8.70. The van der Waals surface area contributed by atoms with E-state index in [4.69, 9.17) is 4.42 Å². The van der Waals surface area contributed by atoms with E-state index < -0.39 is 0 Å². The highest BCUT2D eigenvalue weighted by atomic mass is 16.4. The molecule has 1 aliphatic rings. The Morgan fingerprint density at radius 3 is 2.38 bits per heavy atom. The highest BCUT2D eigenvalue weighted by Gasteiger charge is 2.20. The third kappa shape index (κ3) is 3.43. The average molecular weight is 354 g/mol. The number of aromatic nitrogens is 6. The van der Waals surface area contributed by atoms with Crippen LogP contribution in [-0.2, 0) is 6.54 Å². The number of hydrogen-bond acceptors (Lipinski definition) is 8. The first kappa shape index (κ1) is 16.6. The minimum atomic E-state index is 0.608. The van der Waals surface area contributed by atoms with Crippen molar-refractivity contribution in [3.63, 3.8) is 0 Å². The van der Waals surface area contributed by atoms with Gasteiger partial charge in [-0.15, -0.1) is 10.2 Å². The molecular weight excluding hydrogens is 332 g/mol. The summed E-state index contributed by atoms with van der Waals surface area (Å²) in [6, 6.07) is 4.04. The summed E-state index contributed by atoms with van der Waals surface area (Å²) in [6.45, 7) is 10.1. The van der Waals surface area contributed by atoms with Gasteiger partial charge in [0.25, 0.3) is 0 Å². The molecule has 3 aromatic heterocycles. The Hall–Kier alpha value is -2.81. The zero-order valence-corrected chi connectivity index (χ0v) is 15.3. The van der Waals surface area contributed by atoms with Crippen LogP contribution in [0.25, 0.3) is 5.82 Å². The van der Waals surface area contributed by atoms with E-state index in [-0.39, 0.29) is 0 Å². The fourth-order valence-corrected chi connectivity index (χ4v) is 3.21. The summed E-state index contributed by atoms with van der Waals surface area (Å²) in [5.41, 5.74) is 2.04. The van der Waals surface area contributed by atoms with Gasteiger partial charge >= 0.3 is 0 Å². The molecule has 0 amide bonds. The second kappa shape index (κ2) is 6.83. The monoisotopic (exact) mass is 354 g/mol. The Morgan fingerprint density at radius 2 is 1.73 bits per heavy atom. The van der Waals surface area contributed by atoms with Gasteiger partial charge < -0.3 is 9.32 Å². The SMILES string of the molecule is Cc1cc(C)n(-c2cc(N3CCN(Cc4nnc(C)o4)CC3)ncn2)n1. The predicted octanol–water partition coefficient (Wildman–Crippen LogP) is 1.29. The van der Waals surface area contributed by atoms with E-state index in [1.54, 1.807) is 6.33 Å². The van der Waals surface area contributed by atoms with Crippen molar-refractivity contribution in [1.29, 1.82) is 0 Å². The Kier molecular flexibility index (Phi) is 4.37. The molecule has 0 N–H and O–H groups in total. The Morgan fingerprint density at radius 1 is 0.962 bits per heavy atom. The lowest BCUT2D eigenvalue weighted by atomic mass is 10.3. The summed E-state index contributed by atoms with van der Waals surface area (Å²) in [7, 11) is 0. The zero-order valence-electron chi connectivity index (χ0n) is 15.3. The molecule has 0 saturated carbocycles. The highest BCUT2D eigenvalue weighted by Crippen LogP contribution is 2.18. The molecule has 4 rings (SSSR count). The van der Waals surface area contributed by atoms with E-state index >= 15 is 0 Å². The second-order valence-corrected chi connectivity index (χ2v) is 6.55. The number of piperazine rings is 1. The lowest BCUT2D eigenvalue weighted by Crippen LogP contribution is -2.46. The fourth-order valence-electron chi connectivity index (χ4n) is 3.21. The molecule has 136 valence electrons. The number of hydrogen-bond donors (Lipinski definition) is 0. The van der Waals surface area contributed by atoms with Crippen LogP contribution in [0, 0.1) is 20.8 Å². The van der Waals surface area contributed by atoms with Crippen molar-refractivity contribution in [2.45, 2.75) is 27.3 Å². The van der Waals surface area contributed by atoms with Crippen LogP contribution in [0.15, 0.2) is 22.9 Å². The maximum Gasteiger partial charge on any atom is 0.230 e. The van der Waals surface area contributed by atoms with E-state index in [2.05, 4.69) is 35.1 Å². The summed E-state index contributed by atoms with van der Waals surface area (Å²) in [5, 5.41) is 12.5. The summed E-state index contributed by atoms with van der Waals surface area (Å²) in [6.07, 6.45) is 1.61. The van der Waals surface area contributed by atoms with E-state index in [0.717, 1.165) is 49.2 Å². The molecule has 26 heavy (non-hydrogen) atoms. The first-order chi connectivity index (χ1) is 12.6. The van der Waals surface area contributed by atoms with Crippen LogP contribution in [0.2, 0.25) is 0 Å². The molecular formula is C17H22N8O. The standard InChI is InChI=1S/C17H22N8O/c1-12-8-13(2)25(22-12)16-9-15(18-11-19-16)24-6-4-23(5-7-24)10-17-21-20-14(3)26-17/h8-9,11H,4-7,10H2,1-3H3.